The molecule has 0 bridgehead atoms. The van der Waals surface area contributed by atoms with Crippen molar-refractivity contribution < 1.29 is 37.3 Å². The summed E-state index contributed by atoms with van der Waals surface area (Å²) < 4.78 is 47.1. The van der Waals surface area contributed by atoms with Crippen LogP contribution in [0.15, 0.2) is 18.2 Å². The highest BCUT2D eigenvalue weighted by atomic mass is 19.4. The van der Waals surface area contributed by atoms with E-state index in [4.69, 9.17) is 0 Å². The molecule has 0 aliphatic rings. The van der Waals surface area contributed by atoms with Crippen molar-refractivity contribution >= 4 is 22.8 Å². The summed E-state index contributed by atoms with van der Waals surface area (Å²) in [6.45, 7) is 0. The van der Waals surface area contributed by atoms with Gasteiger partial charge in [-0.05, 0) is 18.2 Å². The Balaban J connectivity index is 2.84. The van der Waals surface area contributed by atoms with Gasteiger partial charge in [0, 0.05) is 5.39 Å². The standard InChI is InChI=1S/C14H10F3NO5/c1-22-12(20)9-10(13(21)23-2)18-8-5-6(14(15,16)17)3-4-7(8)11(9)19/h3-5H,1-2H3,(H,18,19). The van der Waals surface area contributed by atoms with E-state index in [0.29, 0.717) is 6.07 Å². The van der Waals surface area contributed by atoms with Gasteiger partial charge < -0.3 is 14.6 Å². The number of halogens is 3. The van der Waals surface area contributed by atoms with Crippen molar-refractivity contribution in [1.29, 1.82) is 0 Å². The second-order valence-electron chi connectivity index (χ2n) is 4.40. The molecule has 0 atom stereocenters. The van der Waals surface area contributed by atoms with Crippen molar-refractivity contribution in [3.63, 3.8) is 0 Å². The number of pyridine rings is 1. The number of aromatic hydroxyl groups is 1. The van der Waals surface area contributed by atoms with Crippen LogP contribution in [0.2, 0.25) is 0 Å². The molecule has 0 amide bonds. The SMILES string of the molecule is COC(=O)c1nc2cc(C(F)(F)F)ccc2c(O)c1C(=O)OC. The van der Waals surface area contributed by atoms with Crippen LogP contribution in [0.1, 0.15) is 26.4 Å². The third-order valence-electron chi connectivity index (χ3n) is 3.05. The molecule has 0 aliphatic heterocycles. The Kier molecular flexibility index (Phi) is 4.13. The van der Waals surface area contributed by atoms with E-state index in [9.17, 15) is 27.9 Å². The van der Waals surface area contributed by atoms with Gasteiger partial charge in [-0.15, -0.1) is 0 Å². The van der Waals surface area contributed by atoms with E-state index in [1.54, 1.807) is 0 Å². The number of nitrogens with zero attached hydrogens (tertiary/aromatic N) is 1. The maximum atomic E-state index is 12.7. The van der Waals surface area contributed by atoms with Gasteiger partial charge in [-0.1, -0.05) is 0 Å². The van der Waals surface area contributed by atoms with Crippen LogP contribution in [-0.4, -0.2) is 36.2 Å². The zero-order chi connectivity index (χ0) is 17.4. The molecule has 1 heterocycles. The van der Waals surface area contributed by atoms with Gasteiger partial charge in [0.25, 0.3) is 0 Å². The molecule has 0 saturated heterocycles. The van der Waals surface area contributed by atoms with Gasteiger partial charge in [-0.3, -0.25) is 0 Å². The maximum absolute atomic E-state index is 12.7. The van der Waals surface area contributed by atoms with E-state index in [1.165, 1.54) is 0 Å². The number of hydrogen-bond acceptors (Lipinski definition) is 6. The number of aromatic nitrogens is 1. The van der Waals surface area contributed by atoms with Crippen molar-refractivity contribution in [3.05, 3.63) is 35.0 Å². The normalized spacial score (nSPS) is 11.3. The Morgan fingerprint density at radius 3 is 2.26 bits per heavy atom. The van der Waals surface area contributed by atoms with Crippen LogP contribution in [-0.2, 0) is 15.7 Å². The second kappa shape index (κ2) is 5.75. The zero-order valence-corrected chi connectivity index (χ0v) is 11.9. The Morgan fingerprint density at radius 1 is 1.13 bits per heavy atom. The Morgan fingerprint density at radius 2 is 1.74 bits per heavy atom. The smallest absolute Gasteiger partial charge is 0.416 e. The van der Waals surface area contributed by atoms with Crippen LogP contribution in [0.25, 0.3) is 10.9 Å². The first-order valence-corrected chi connectivity index (χ1v) is 6.11. The largest absolute Gasteiger partial charge is 0.506 e. The van der Waals surface area contributed by atoms with Crippen molar-refractivity contribution in [3.8, 4) is 5.75 Å². The van der Waals surface area contributed by atoms with Gasteiger partial charge in [0.1, 0.15) is 11.3 Å². The van der Waals surface area contributed by atoms with Gasteiger partial charge in [0.05, 0.1) is 25.3 Å². The summed E-state index contributed by atoms with van der Waals surface area (Å²) in [4.78, 5) is 27.2. The molecule has 1 aromatic heterocycles. The number of ether oxygens (including phenoxy) is 2. The lowest BCUT2D eigenvalue weighted by Crippen LogP contribution is -2.15. The Hall–Kier alpha value is -2.84. The average molecular weight is 329 g/mol. The first-order valence-electron chi connectivity index (χ1n) is 6.11. The molecular weight excluding hydrogens is 319 g/mol. The van der Waals surface area contributed by atoms with E-state index < -0.39 is 40.7 Å². The molecule has 1 aromatic carbocycles. The van der Waals surface area contributed by atoms with Gasteiger partial charge in [0.15, 0.2) is 5.69 Å². The number of fused-ring (bicyclic) bond motifs is 1. The molecule has 0 fully saturated rings. The van der Waals surface area contributed by atoms with Crippen molar-refractivity contribution in [2.75, 3.05) is 14.2 Å². The molecule has 0 saturated carbocycles. The highest BCUT2D eigenvalue weighted by Gasteiger charge is 2.32. The number of methoxy groups -OCH3 is 2. The molecule has 122 valence electrons. The van der Waals surface area contributed by atoms with Crippen molar-refractivity contribution in [2.24, 2.45) is 0 Å². The van der Waals surface area contributed by atoms with E-state index in [1.807, 2.05) is 0 Å². The summed E-state index contributed by atoms with van der Waals surface area (Å²) in [6.07, 6.45) is -4.63. The number of hydrogen-bond donors (Lipinski definition) is 1. The van der Waals surface area contributed by atoms with Crippen LogP contribution >= 0.6 is 0 Å². The van der Waals surface area contributed by atoms with E-state index >= 15 is 0 Å². The maximum Gasteiger partial charge on any atom is 0.416 e. The van der Waals surface area contributed by atoms with E-state index in [2.05, 4.69) is 14.5 Å². The fourth-order valence-electron chi connectivity index (χ4n) is 1.96. The molecular formula is C14H10F3NO5. The first kappa shape index (κ1) is 16.5. The van der Waals surface area contributed by atoms with Gasteiger partial charge >= 0.3 is 18.1 Å². The lowest BCUT2D eigenvalue weighted by atomic mass is 10.0. The molecule has 0 aliphatic carbocycles. The highest BCUT2D eigenvalue weighted by Crippen LogP contribution is 2.35. The van der Waals surface area contributed by atoms with Crippen LogP contribution in [0, 0.1) is 0 Å². The summed E-state index contributed by atoms with van der Waals surface area (Å²) in [7, 11) is 2.01. The summed E-state index contributed by atoms with van der Waals surface area (Å²) in [5.41, 5.74) is -2.54. The quantitative estimate of drug-likeness (QED) is 0.852. The summed E-state index contributed by atoms with van der Waals surface area (Å²) in [5.74, 6) is -2.88. The lowest BCUT2D eigenvalue weighted by Gasteiger charge is -2.12. The third kappa shape index (κ3) is 2.89. The minimum atomic E-state index is -4.63. The predicted molar refractivity (Wildman–Crippen MR) is 71.1 cm³/mol. The van der Waals surface area contributed by atoms with Gasteiger partial charge in [0.2, 0.25) is 0 Å². The Labute approximate surface area is 127 Å². The molecule has 0 spiro atoms. The molecule has 9 heteroatoms. The topological polar surface area (TPSA) is 85.7 Å². The minimum absolute atomic E-state index is 0.133. The highest BCUT2D eigenvalue weighted by molar-refractivity contribution is 6.08. The van der Waals surface area contributed by atoms with Crippen LogP contribution in [0.3, 0.4) is 0 Å². The molecule has 1 N–H and O–H groups in total. The van der Waals surface area contributed by atoms with Crippen molar-refractivity contribution in [1.82, 2.24) is 4.98 Å². The first-order chi connectivity index (χ1) is 10.7. The molecule has 0 radical (unpaired) electrons. The zero-order valence-electron chi connectivity index (χ0n) is 11.9. The summed E-state index contributed by atoms with van der Waals surface area (Å²) in [5, 5.41) is 10.0. The molecule has 6 nitrogen and oxygen atoms in total. The van der Waals surface area contributed by atoms with Gasteiger partial charge in [-0.25, -0.2) is 14.6 Å². The number of carbonyl (C=O) groups excluding carboxylic acids is 2. The summed E-state index contributed by atoms with van der Waals surface area (Å²) in [6, 6.07) is 2.33. The molecule has 0 unspecified atom stereocenters. The molecule has 2 aromatic rings. The Bertz CT molecular complexity index is 801. The third-order valence-corrected chi connectivity index (χ3v) is 3.05. The van der Waals surface area contributed by atoms with Crippen LogP contribution in [0.5, 0.6) is 5.75 Å². The molecule has 2 rings (SSSR count). The predicted octanol–water partition coefficient (Wildman–Crippen LogP) is 2.53. The van der Waals surface area contributed by atoms with Crippen LogP contribution < -0.4 is 0 Å². The van der Waals surface area contributed by atoms with E-state index in [0.717, 1.165) is 26.4 Å². The fraction of sp³-hybridized carbons (Fsp3) is 0.214. The second-order valence-corrected chi connectivity index (χ2v) is 4.40. The number of alkyl halides is 3. The number of carbonyl (C=O) groups is 2. The van der Waals surface area contributed by atoms with Crippen molar-refractivity contribution in [2.45, 2.75) is 6.18 Å². The number of rotatable bonds is 2. The fourth-order valence-corrected chi connectivity index (χ4v) is 1.96. The molecule has 23 heavy (non-hydrogen) atoms. The van der Waals surface area contributed by atoms with E-state index in [-0.39, 0.29) is 10.9 Å². The monoisotopic (exact) mass is 329 g/mol. The van der Waals surface area contributed by atoms with Crippen LogP contribution in [0.4, 0.5) is 13.2 Å². The van der Waals surface area contributed by atoms with Gasteiger partial charge in [-0.2, -0.15) is 13.2 Å². The number of esters is 2. The minimum Gasteiger partial charge on any atom is -0.506 e. The average Bonchev–Trinajstić information content (AvgIpc) is 2.51. The number of benzene rings is 1. The lowest BCUT2D eigenvalue weighted by molar-refractivity contribution is -0.137. The summed E-state index contributed by atoms with van der Waals surface area (Å²) >= 11 is 0.